The predicted molar refractivity (Wildman–Crippen MR) is 96.7 cm³/mol. The van der Waals surface area contributed by atoms with Gasteiger partial charge in [-0.3, -0.25) is 0 Å². The Morgan fingerprint density at radius 2 is 1.75 bits per heavy atom. The molecule has 0 aliphatic carbocycles. The van der Waals surface area contributed by atoms with Crippen LogP contribution in [0.3, 0.4) is 0 Å². The third kappa shape index (κ3) is 5.55. The Kier molecular flexibility index (Phi) is 7.59. The second-order valence-corrected chi connectivity index (χ2v) is 5.58. The van der Waals surface area contributed by atoms with E-state index in [0.717, 1.165) is 30.2 Å². The first-order chi connectivity index (χ1) is 11.7. The van der Waals surface area contributed by atoms with E-state index in [1.165, 1.54) is 11.1 Å². The van der Waals surface area contributed by atoms with Crippen molar-refractivity contribution in [1.82, 2.24) is 5.32 Å². The number of aryl methyl sites for hydroxylation is 1. The molecule has 0 aliphatic heterocycles. The van der Waals surface area contributed by atoms with Gasteiger partial charge in [0, 0.05) is 25.3 Å². The van der Waals surface area contributed by atoms with Gasteiger partial charge in [0.1, 0.15) is 6.61 Å². The van der Waals surface area contributed by atoms with Crippen LogP contribution in [-0.2, 0) is 17.8 Å². The van der Waals surface area contributed by atoms with Crippen molar-refractivity contribution in [3.05, 3.63) is 59.2 Å². The smallest absolute Gasteiger partial charge is 0.165 e. The lowest BCUT2D eigenvalue weighted by Crippen LogP contribution is -2.15. The summed E-state index contributed by atoms with van der Waals surface area (Å²) in [6.07, 6.45) is 0. The van der Waals surface area contributed by atoms with Crippen LogP contribution in [0.25, 0.3) is 0 Å². The molecule has 0 radical (unpaired) electrons. The van der Waals surface area contributed by atoms with Crippen LogP contribution in [0, 0.1) is 6.92 Å². The number of ether oxygens (including phenoxy) is 3. The summed E-state index contributed by atoms with van der Waals surface area (Å²) in [4.78, 5) is 0. The highest BCUT2D eigenvalue weighted by Crippen LogP contribution is 2.31. The largest absolute Gasteiger partial charge is 0.493 e. The van der Waals surface area contributed by atoms with Crippen molar-refractivity contribution in [3.8, 4) is 11.5 Å². The lowest BCUT2D eigenvalue weighted by molar-refractivity contribution is 0.108. The van der Waals surface area contributed by atoms with E-state index in [0.29, 0.717) is 19.8 Å². The van der Waals surface area contributed by atoms with Gasteiger partial charge in [-0.15, -0.1) is 0 Å². The molecule has 2 aromatic rings. The summed E-state index contributed by atoms with van der Waals surface area (Å²) in [5, 5.41) is 3.46. The van der Waals surface area contributed by atoms with Crippen molar-refractivity contribution in [1.29, 1.82) is 0 Å². The maximum atomic E-state index is 5.89. The van der Waals surface area contributed by atoms with Crippen LogP contribution in [0.5, 0.6) is 11.5 Å². The first kappa shape index (κ1) is 18.3. The second-order valence-electron chi connectivity index (χ2n) is 5.58. The molecule has 0 bridgehead atoms. The number of rotatable bonds is 10. The first-order valence-electron chi connectivity index (χ1n) is 8.37. The van der Waals surface area contributed by atoms with Gasteiger partial charge in [-0.05, 0) is 25.5 Å². The van der Waals surface area contributed by atoms with Crippen LogP contribution in [0.4, 0.5) is 0 Å². The third-order valence-corrected chi connectivity index (χ3v) is 3.72. The van der Waals surface area contributed by atoms with Crippen molar-refractivity contribution >= 4 is 0 Å². The number of benzene rings is 2. The summed E-state index contributed by atoms with van der Waals surface area (Å²) < 4.78 is 16.7. The van der Waals surface area contributed by atoms with Crippen molar-refractivity contribution in [2.24, 2.45) is 0 Å². The van der Waals surface area contributed by atoms with Crippen LogP contribution in [0.15, 0.2) is 42.5 Å². The Labute approximate surface area is 144 Å². The van der Waals surface area contributed by atoms with E-state index in [-0.39, 0.29) is 0 Å². The van der Waals surface area contributed by atoms with E-state index in [1.54, 1.807) is 7.11 Å². The minimum Gasteiger partial charge on any atom is -0.493 e. The summed E-state index contributed by atoms with van der Waals surface area (Å²) in [7, 11) is 1.66. The minimum absolute atomic E-state index is 0.513. The molecule has 2 aromatic carbocycles. The van der Waals surface area contributed by atoms with Gasteiger partial charge >= 0.3 is 0 Å². The first-order valence-corrected chi connectivity index (χ1v) is 8.37. The number of para-hydroxylation sites is 1. The number of hydrogen-bond donors (Lipinski definition) is 1. The van der Waals surface area contributed by atoms with Crippen molar-refractivity contribution < 1.29 is 14.2 Å². The average Bonchev–Trinajstić information content (AvgIpc) is 2.61. The highest BCUT2D eigenvalue weighted by Gasteiger charge is 2.10. The zero-order valence-electron chi connectivity index (χ0n) is 14.8. The highest BCUT2D eigenvalue weighted by atomic mass is 16.5. The summed E-state index contributed by atoms with van der Waals surface area (Å²) in [5.74, 6) is 1.54. The highest BCUT2D eigenvalue weighted by molar-refractivity contribution is 5.46. The lowest BCUT2D eigenvalue weighted by atomic mass is 10.1. The van der Waals surface area contributed by atoms with E-state index in [1.807, 2.05) is 19.1 Å². The Bertz CT molecular complexity index is 611. The van der Waals surface area contributed by atoms with E-state index >= 15 is 0 Å². The molecule has 2 rings (SSSR count). The van der Waals surface area contributed by atoms with E-state index in [4.69, 9.17) is 14.2 Å². The van der Waals surface area contributed by atoms with E-state index in [9.17, 15) is 0 Å². The Hall–Kier alpha value is -2.04. The predicted octanol–water partition coefficient (Wildman–Crippen LogP) is 3.71. The molecule has 0 saturated heterocycles. The maximum Gasteiger partial charge on any atom is 0.165 e. The van der Waals surface area contributed by atoms with Crippen LogP contribution in [0.2, 0.25) is 0 Å². The second kappa shape index (κ2) is 9.96. The van der Waals surface area contributed by atoms with Crippen molar-refractivity contribution in [3.63, 3.8) is 0 Å². The summed E-state index contributed by atoms with van der Waals surface area (Å²) in [6, 6.07) is 14.5. The molecule has 0 atom stereocenters. The lowest BCUT2D eigenvalue weighted by Gasteiger charge is -2.15. The van der Waals surface area contributed by atoms with E-state index in [2.05, 4.69) is 42.6 Å². The van der Waals surface area contributed by atoms with Crippen LogP contribution >= 0.6 is 0 Å². The van der Waals surface area contributed by atoms with Gasteiger partial charge in [-0.25, -0.2) is 0 Å². The quantitative estimate of drug-likeness (QED) is 0.675. The molecule has 24 heavy (non-hydrogen) atoms. The SMILES string of the molecule is CCOCCOc1c(CNCc2ccc(C)cc2)cccc1OC. The molecule has 4 heteroatoms. The van der Waals surface area contributed by atoms with Crippen molar-refractivity contribution in [2.75, 3.05) is 26.9 Å². The molecule has 0 unspecified atom stereocenters. The Morgan fingerprint density at radius 1 is 0.958 bits per heavy atom. The van der Waals surface area contributed by atoms with Gasteiger partial charge in [0.05, 0.1) is 13.7 Å². The zero-order chi connectivity index (χ0) is 17.2. The van der Waals surface area contributed by atoms with Gasteiger partial charge in [0.15, 0.2) is 11.5 Å². The van der Waals surface area contributed by atoms with Gasteiger partial charge < -0.3 is 19.5 Å². The molecule has 0 heterocycles. The molecule has 0 spiro atoms. The molecule has 0 aromatic heterocycles. The summed E-state index contributed by atoms with van der Waals surface area (Å²) in [5.41, 5.74) is 3.62. The fourth-order valence-electron chi connectivity index (χ4n) is 2.42. The average molecular weight is 329 g/mol. The fourth-order valence-corrected chi connectivity index (χ4v) is 2.42. The number of methoxy groups -OCH3 is 1. The molecule has 1 N–H and O–H groups in total. The zero-order valence-corrected chi connectivity index (χ0v) is 14.8. The Morgan fingerprint density at radius 3 is 2.46 bits per heavy atom. The molecule has 130 valence electrons. The molecule has 0 saturated carbocycles. The molecule has 0 fully saturated rings. The molecular formula is C20H27NO3. The van der Waals surface area contributed by atoms with Crippen LogP contribution < -0.4 is 14.8 Å². The number of nitrogens with one attached hydrogen (secondary N) is 1. The molecular weight excluding hydrogens is 302 g/mol. The fraction of sp³-hybridized carbons (Fsp3) is 0.400. The normalized spacial score (nSPS) is 10.6. The van der Waals surface area contributed by atoms with E-state index < -0.39 is 0 Å². The topological polar surface area (TPSA) is 39.7 Å². The molecule has 4 nitrogen and oxygen atoms in total. The number of hydrogen-bond acceptors (Lipinski definition) is 4. The third-order valence-electron chi connectivity index (χ3n) is 3.72. The van der Waals surface area contributed by atoms with Crippen molar-refractivity contribution in [2.45, 2.75) is 26.9 Å². The maximum absolute atomic E-state index is 5.89. The molecule has 0 aliphatic rings. The summed E-state index contributed by atoms with van der Waals surface area (Å²) in [6.45, 7) is 7.39. The molecule has 0 amide bonds. The van der Waals surface area contributed by atoms with Gasteiger partial charge in [-0.1, -0.05) is 42.0 Å². The summed E-state index contributed by atoms with van der Waals surface area (Å²) >= 11 is 0. The standard InChI is InChI=1S/C20H27NO3/c1-4-23-12-13-24-20-18(6-5-7-19(20)22-3)15-21-14-17-10-8-16(2)9-11-17/h5-11,21H,4,12-15H2,1-3H3. The van der Waals surface area contributed by atoms with Gasteiger partial charge in [0.2, 0.25) is 0 Å². The van der Waals surface area contributed by atoms with Crippen LogP contribution in [0.1, 0.15) is 23.6 Å². The monoisotopic (exact) mass is 329 g/mol. The Balaban J connectivity index is 1.96. The van der Waals surface area contributed by atoms with Crippen LogP contribution in [-0.4, -0.2) is 26.9 Å². The van der Waals surface area contributed by atoms with Gasteiger partial charge in [-0.2, -0.15) is 0 Å². The minimum atomic E-state index is 0.513. The van der Waals surface area contributed by atoms with Gasteiger partial charge in [0.25, 0.3) is 0 Å².